The molecule has 0 amide bonds. The highest BCUT2D eigenvalue weighted by Gasteiger charge is 2.21. The van der Waals surface area contributed by atoms with Crippen molar-refractivity contribution in [1.82, 2.24) is 14.5 Å². The zero-order chi connectivity index (χ0) is 38.9. The highest BCUT2D eigenvalue weighted by atomic mass is 32.1. The van der Waals surface area contributed by atoms with Gasteiger partial charge in [0.25, 0.3) is 0 Å². The molecule has 0 radical (unpaired) electrons. The molecule has 0 spiro atoms. The minimum atomic E-state index is 0.657. The average molecular weight is 771 g/mol. The smallest absolute Gasteiger partial charge is 0.235 e. The summed E-state index contributed by atoms with van der Waals surface area (Å²) in [6, 6.07) is 73.6. The molecule has 0 aliphatic rings. The molecule has 0 aliphatic heterocycles. The summed E-state index contributed by atoms with van der Waals surface area (Å²) in [6.07, 6.45) is 0. The maximum Gasteiger partial charge on any atom is 0.235 e. The summed E-state index contributed by atoms with van der Waals surface area (Å²) in [7, 11) is 0. The minimum absolute atomic E-state index is 0.657. The van der Waals surface area contributed by atoms with Gasteiger partial charge in [-0.25, -0.2) is 9.97 Å². The Kier molecular flexibility index (Phi) is 7.68. The van der Waals surface area contributed by atoms with E-state index in [-0.39, 0.29) is 0 Å². The third kappa shape index (κ3) is 5.43. The van der Waals surface area contributed by atoms with E-state index >= 15 is 0 Å². The van der Waals surface area contributed by atoms with Gasteiger partial charge in [-0.15, -0.1) is 11.3 Å². The van der Waals surface area contributed by atoms with Crippen molar-refractivity contribution >= 4 is 92.1 Å². The molecule has 0 unspecified atom stereocenters. The van der Waals surface area contributed by atoms with Crippen molar-refractivity contribution in [2.75, 3.05) is 4.90 Å². The summed E-state index contributed by atoms with van der Waals surface area (Å²) in [6.45, 7) is 0. The van der Waals surface area contributed by atoms with Crippen LogP contribution in [0.5, 0.6) is 0 Å². The normalized spacial score (nSPS) is 11.7. The van der Waals surface area contributed by atoms with Crippen molar-refractivity contribution in [3.8, 4) is 28.3 Å². The van der Waals surface area contributed by atoms with Crippen LogP contribution in [0.3, 0.4) is 0 Å². The van der Waals surface area contributed by atoms with Crippen LogP contribution in [-0.4, -0.2) is 14.5 Å². The van der Waals surface area contributed by atoms with E-state index in [1.165, 1.54) is 30.9 Å². The number of fused-ring (bicyclic) bond motifs is 9. The second-order valence-corrected chi connectivity index (χ2v) is 16.1. The fourth-order valence-electron chi connectivity index (χ4n) is 8.93. The zero-order valence-electron chi connectivity index (χ0n) is 31.8. The Hall–Kier alpha value is -7.60. The molecule has 0 fully saturated rings. The first kappa shape index (κ1) is 33.5. The molecule has 12 aromatic rings. The van der Waals surface area contributed by atoms with E-state index in [1.54, 1.807) is 0 Å². The zero-order valence-corrected chi connectivity index (χ0v) is 32.6. The first-order valence-corrected chi connectivity index (χ1v) is 20.7. The van der Waals surface area contributed by atoms with Crippen LogP contribution in [0.25, 0.3) is 92.0 Å². The molecule has 0 saturated heterocycles. The molecule has 0 bridgehead atoms. The fraction of sp³-hybridized carbons (Fsp3) is 0. The Labute approximate surface area is 344 Å². The fourth-order valence-corrected chi connectivity index (χ4v) is 10.1. The Morgan fingerprint density at radius 2 is 0.966 bits per heavy atom. The molecule has 0 atom stereocenters. The van der Waals surface area contributed by atoms with E-state index in [9.17, 15) is 0 Å². The molecule has 276 valence electrons. The third-order valence-electron chi connectivity index (χ3n) is 11.6. The van der Waals surface area contributed by atoms with Crippen molar-refractivity contribution < 1.29 is 0 Å². The number of hydrogen-bond donors (Lipinski definition) is 0. The van der Waals surface area contributed by atoms with Crippen LogP contribution in [0, 0.1) is 0 Å². The number of hydrogen-bond acceptors (Lipinski definition) is 4. The number of thiophene rings is 1. The Bertz CT molecular complexity index is 3510. The lowest BCUT2D eigenvalue weighted by Gasteiger charge is -2.25. The number of anilines is 3. The van der Waals surface area contributed by atoms with Gasteiger partial charge in [0, 0.05) is 59.0 Å². The largest absolute Gasteiger partial charge is 0.311 e. The van der Waals surface area contributed by atoms with Crippen LogP contribution in [0.4, 0.5) is 17.1 Å². The van der Waals surface area contributed by atoms with Gasteiger partial charge in [-0.1, -0.05) is 133 Å². The van der Waals surface area contributed by atoms with E-state index in [0.29, 0.717) is 5.95 Å². The standard InChI is InChI=1S/C54H34N4S/c1-3-15-37(16-4-1)57(38-17-5-2-6-18-38)39-30-27-35(28-31-39)36-29-32-49-45(33-36)41-20-10-13-25-48(41)58(49)54-55-47-24-12-9-22-43(47)53(56-54)46-34-51-52(42-21-8-7-19-40(42)46)44-23-11-14-26-50(44)59-51/h1-34H. The lowest BCUT2D eigenvalue weighted by molar-refractivity contribution is 1.01. The molecular weight excluding hydrogens is 737 g/mol. The maximum atomic E-state index is 5.53. The summed E-state index contributed by atoms with van der Waals surface area (Å²) in [4.78, 5) is 13.1. The molecule has 5 heteroatoms. The molecule has 9 aromatic carbocycles. The quantitative estimate of drug-likeness (QED) is 0.169. The summed E-state index contributed by atoms with van der Waals surface area (Å²) >= 11 is 1.84. The second-order valence-electron chi connectivity index (χ2n) is 15.0. The molecule has 59 heavy (non-hydrogen) atoms. The van der Waals surface area contributed by atoms with E-state index < -0.39 is 0 Å². The third-order valence-corrected chi connectivity index (χ3v) is 12.7. The van der Waals surface area contributed by atoms with Gasteiger partial charge in [0.1, 0.15) is 0 Å². The summed E-state index contributed by atoms with van der Waals surface area (Å²) in [5.41, 5.74) is 10.7. The summed E-state index contributed by atoms with van der Waals surface area (Å²) in [5.74, 6) is 0.657. The highest BCUT2D eigenvalue weighted by Crippen LogP contribution is 2.44. The Morgan fingerprint density at radius 3 is 1.73 bits per heavy atom. The van der Waals surface area contributed by atoms with Crippen molar-refractivity contribution in [2.24, 2.45) is 0 Å². The molecule has 3 aromatic heterocycles. The SMILES string of the molecule is c1ccc(N(c2ccccc2)c2ccc(-c3ccc4c(c3)c3ccccc3n4-c3nc(-c4cc5sc6ccccc6c5c5ccccc45)c4ccccc4n3)cc2)cc1. The number of nitrogens with zero attached hydrogens (tertiary/aromatic N) is 4. The van der Waals surface area contributed by atoms with Gasteiger partial charge < -0.3 is 4.90 Å². The van der Waals surface area contributed by atoms with Crippen LogP contribution in [0.15, 0.2) is 206 Å². The number of aromatic nitrogens is 3. The van der Waals surface area contributed by atoms with Gasteiger partial charge in [0.15, 0.2) is 0 Å². The van der Waals surface area contributed by atoms with Crippen molar-refractivity contribution in [1.29, 1.82) is 0 Å². The van der Waals surface area contributed by atoms with Crippen LogP contribution < -0.4 is 4.90 Å². The number of para-hydroxylation sites is 4. The second kappa shape index (κ2) is 13.5. The molecule has 0 saturated carbocycles. The first-order valence-electron chi connectivity index (χ1n) is 19.9. The first-order chi connectivity index (χ1) is 29.3. The molecular formula is C54H34N4S. The minimum Gasteiger partial charge on any atom is -0.311 e. The van der Waals surface area contributed by atoms with Crippen molar-refractivity contribution in [2.45, 2.75) is 0 Å². The van der Waals surface area contributed by atoms with Crippen LogP contribution in [-0.2, 0) is 0 Å². The summed E-state index contributed by atoms with van der Waals surface area (Å²) in [5, 5.41) is 8.39. The van der Waals surface area contributed by atoms with Gasteiger partial charge in [0.05, 0.1) is 22.2 Å². The Balaban J connectivity index is 1.02. The van der Waals surface area contributed by atoms with Crippen LogP contribution in [0.1, 0.15) is 0 Å². The Morgan fingerprint density at radius 1 is 0.390 bits per heavy atom. The number of benzene rings is 9. The topological polar surface area (TPSA) is 34.0 Å². The average Bonchev–Trinajstić information content (AvgIpc) is 3.85. The van der Waals surface area contributed by atoms with E-state index in [4.69, 9.17) is 9.97 Å². The lowest BCUT2D eigenvalue weighted by atomic mass is 9.96. The van der Waals surface area contributed by atoms with Crippen molar-refractivity contribution in [3.63, 3.8) is 0 Å². The predicted molar refractivity (Wildman–Crippen MR) is 250 cm³/mol. The van der Waals surface area contributed by atoms with Gasteiger partial charge >= 0.3 is 0 Å². The molecule has 0 N–H and O–H groups in total. The molecule has 12 rings (SSSR count). The monoisotopic (exact) mass is 770 g/mol. The van der Waals surface area contributed by atoms with E-state index in [1.807, 2.05) is 11.3 Å². The van der Waals surface area contributed by atoms with Gasteiger partial charge in [0.2, 0.25) is 5.95 Å². The maximum absolute atomic E-state index is 5.53. The van der Waals surface area contributed by atoms with E-state index in [0.717, 1.165) is 72.2 Å². The van der Waals surface area contributed by atoms with Crippen molar-refractivity contribution in [3.05, 3.63) is 206 Å². The van der Waals surface area contributed by atoms with Gasteiger partial charge in [-0.2, -0.15) is 0 Å². The van der Waals surface area contributed by atoms with Crippen LogP contribution >= 0.6 is 11.3 Å². The van der Waals surface area contributed by atoms with E-state index in [2.05, 4.69) is 216 Å². The molecule has 3 heterocycles. The van der Waals surface area contributed by atoms with Gasteiger partial charge in [-0.05, 0) is 94.7 Å². The molecule has 4 nitrogen and oxygen atoms in total. The number of rotatable bonds is 6. The summed E-state index contributed by atoms with van der Waals surface area (Å²) < 4.78 is 4.79. The van der Waals surface area contributed by atoms with Gasteiger partial charge in [-0.3, -0.25) is 4.57 Å². The molecule has 0 aliphatic carbocycles. The predicted octanol–water partition coefficient (Wildman–Crippen LogP) is 15.1. The highest BCUT2D eigenvalue weighted by molar-refractivity contribution is 7.26. The van der Waals surface area contributed by atoms with Crippen LogP contribution in [0.2, 0.25) is 0 Å². The lowest BCUT2D eigenvalue weighted by Crippen LogP contribution is -2.09.